The summed E-state index contributed by atoms with van der Waals surface area (Å²) in [6, 6.07) is 17.8. The van der Waals surface area contributed by atoms with Crippen molar-refractivity contribution in [3.05, 3.63) is 107 Å². The van der Waals surface area contributed by atoms with Crippen LogP contribution in [0.1, 0.15) is 29.1 Å². The molecule has 1 aliphatic rings. The Balaban J connectivity index is 1.55. The predicted octanol–water partition coefficient (Wildman–Crippen LogP) is 5.81. The average Bonchev–Trinajstić information content (AvgIpc) is 3.40. The molecule has 1 N–H and O–H groups in total. The molecular formula is C24H18BrFN4OS. The number of furan rings is 1. The predicted molar refractivity (Wildman–Crippen MR) is 127 cm³/mol. The lowest BCUT2D eigenvalue weighted by molar-refractivity contribution is 0.268. The molecule has 0 radical (unpaired) electrons. The Kier molecular flexibility index (Phi) is 5.71. The molecule has 1 saturated heterocycles. The molecule has 160 valence electrons. The van der Waals surface area contributed by atoms with Crippen LogP contribution in [-0.4, -0.2) is 20.0 Å². The highest BCUT2D eigenvalue weighted by molar-refractivity contribution is 9.10. The van der Waals surface area contributed by atoms with Gasteiger partial charge < -0.3 is 14.6 Å². The normalized spacial score (nSPS) is 18.1. The molecule has 4 heterocycles. The molecular weight excluding hydrogens is 491 g/mol. The second-order valence-corrected chi connectivity index (χ2v) is 8.74. The summed E-state index contributed by atoms with van der Waals surface area (Å²) in [6.45, 7) is 0.552. The Labute approximate surface area is 198 Å². The minimum atomic E-state index is -0.353. The molecule has 3 aromatic heterocycles. The molecule has 0 amide bonds. The van der Waals surface area contributed by atoms with Crippen LogP contribution in [0.15, 0.2) is 88.1 Å². The zero-order valence-electron chi connectivity index (χ0n) is 16.8. The van der Waals surface area contributed by atoms with Gasteiger partial charge in [0.25, 0.3) is 0 Å². The van der Waals surface area contributed by atoms with Crippen molar-refractivity contribution >= 4 is 33.3 Å². The standard InChI is InChI=1S/C24H18BrFN4OS/c25-16-6-7-17(18(26)12-16)20-8-9-21(31-20)23-22(19-5-1-2-11-28-19)29-24(32)30(23)14-15-4-3-10-27-13-15/h1-13,22-23H,14H2,(H,29,32)/t22-,23+/m1/s1. The fourth-order valence-electron chi connectivity index (χ4n) is 3.92. The van der Waals surface area contributed by atoms with E-state index < -0.39 is 0 Å². The number of hydrogen-bond acceptors (Lipinski definition) is 4. The van der Waals surface area contributed by atoms with Crippen molar-refractivity contribution in [2.75, 3.05) is 0 Å². The molecule has 0 aliphatic carbocycles. The molecule has 1 aromatic carbocycles. The summed E-state index contributed by atoms with van der Waals surface area (Å²) >= 11 is 8.98. The molecule has 0 saturated carbocycles. The van der Waals surface area contributed by atoms with E-state index in [1.165, 1.54) is 6.07 Å². The van der Waals surface area contributed by atoms with Crippen molar-refractivity contribution in [1.29, 1.82) is 0 Å². The first kappa shape index (κ1) is 20.8. The van der Waals surface area contributed by atoms with Gasteiger partial charge in [0, 0.05) is 29.6 Å². The van der Waals surface area contributed by atoms with Crippen LogP contribution >= 0.6 is 28.1 Å². The molecule has 1 aliphatic heterocycles. The van der Waals surface area contributed by atoms with Gasteiger partial charge >= 0.3 is 0 Å². The van der Waals surface area contributed by atoms with E-state index in [1.54, 1.807) is 30.6 Å². The van der Waals surface area contributed by atoms with E-state index in [9.17, 15) is 4.39 Å². The highest BCUT2D eigenvalue weighted by Crippen LogP contribution is 2.41. The number of thiocarbonyl (C=S) groups is 1. The Bertz CT molecular complexity index is 1250. The van der Waals surface area contributed by atoms with Gasteiger partial charge in [0.15, 0.2) is 5.11 Å². The van der Waals surface area contributed by atoms with Crippen LogP contribution in [0.25, 0.3) is 11.3 Å². The Morgan fingerprint density at radius 1 is 1.09 bits per heavy atom. The lowest BCUT2D eigenvalue weighted by atomic mass is 10.0. The van der Waals surface area contributed by atoms with E-state index in [0.717, 1.165) is 11.3 Å². The summed E-state index contributed by atoms with van der Waals surface area (Å²) < 4.78 is 21.4. The molecule has 0 unspecified atom stereocenters. The molecule has 5 nitrogen and oxygen atoms in total. The van der Waals surface area contributed by atoms with Gasteiger partial charge in [-0.2, -0.15) is 0 Å². The molecule has 4 aromatic rings. The number of aromatic nitrogens is 2. The second-order valence-electron chi connectivity index (χ2n) is 7.44. The Morgan fingerprint density at radius 2 is 2.00 bits per heavy atom. The maximum absolute atomic E-state index is 14.5. The number of hydrogen-bond donors (Lipinski definition) is 1. The first-order chi connectivity index (χ1) is 15.6. The van der Waals surface area contributed by atoms with Gasteiger partial charge in [-0.1, -0.05) is 28.1 Å². The monoisotopic (exact) mass is 508 g/mol. The van der Waals surface area contributed by atoms with Crippen molar-refractivity contribution < 1.29 is 8.81 Å². The lowest BCUT2D eigenvalue weighted by Gasteiger charge is -2.26. The molecule has 1 fully saturated rings. The SMILES string of the molecule is Fc1cc(Br)ccc1-c1ccc([C@H]2[C@@H](c3ccccn3)NC(=S)N2Cc2cccnc2)o1. The topological polar surface area (TPSA) is 54.2 Å². The van der Waals surface area contributed by atoms with Crippen molar-refractivity contribution in [2.24, 2.45) is 0 Å². The molecule has 0 spiro atoms. The van der Waals surface area contributed by atoms with Gasteiger partial charge in [0.1, 0.15) is 23.4 Å². The summed E-state index contributed by atoms with van der Waals surface area (Å²) in [6.07, 6.45) is 5.31. The molecule has 32 heavy (non-hydrogen) atoms. The van der Waals surface area contributed by atoms with Gasteiger partial charge in [-0.05, 0) is 66.3 Å². The number of nitrogens with one attached hydrogen (secondary N) is 1. The fraction of sp³-hybridized carbons (Fsp3) is 0.125. The maximum atomic E-state index is 14.5. The van der Waals surface area contributed by atoms with E-state index in [1.807, 2.05) is 42.6 Å². The number of benzene rings is 1. The van der Waals surface area contributed by atoms with Gasteiger partial charge in [0.2, 0.25) is 0 Å². The first-order valence-corrected chi connectivity index (χ1v) is 11.2. The van der Waals surface area contributed by atoms with Gasteiger partial charge in [-0.15, -0.1) is 0 Å². The van der Waals surface area contributed by atoms with Gasteiger partial charge in [-0.25, -0.2) is 4.39 Å². The summed E-state index contributed by atoms with van der Waals surface area (Å²) in [5, 5.41) is 3.99. The van der Waals surface area contributed by atoms with Crippen LogP contribution in [0.4, 0.5) is 4.39 Å². The van der Waals surface area contributed by atoms with Crippen LogP contribution in [-0.2, 0) is 6.54 Å². The third-order valence-corrected chi connectivity index (χ3v) is 6.23. The molecule has 5 rings (SSSR count). The van der Waals surface area contributed by atoms with Crippen molar-refractivity contribution in [1.82, 2.24) is 20.2 Å². The number of pyridine rings is 2. The average molecular weight is 509 g/mol. The number of rotatable bonds is 5. The molecule has 0 bridgehead atoms. The molecule has 8 heteroatoms. The van der Waals surface area contributed by atoms with Crippen LogP contribution in [0, 0.1) is 5.82 Å². The van der Waals surface area contributed by atoms with E-state index in [4.69, 9.17) is 16.6 Å². The van der Waals surface area contributed by atoms with Crippen molar-refractivity contribution in [2.45, 2.75) is 18.6 Å². The van der Waals surface area contributed by atoms with Crippen molar-refractivity contribution in [3.8, 4) is 11.3 Å². The minimum Gasteiger partial charge on any atom is -0.459 e. The van der Waals surface area contributed by atoms with E-state index in [2.05, 4.69) is 36.1 Å². The quantitative estimate of drug-likeness (QED) is 0.343. The largest absolute Gasteiger partial charge is 0.459 e. The highest BCUT2D eigenvalue weighted by Gasteiger charge is 2.41. The Morgan fingerprint density at radius 3 is 2.75 bits per heavy atom. The zero-order chi connectivity index (χ0) is 22.1. The summed E-state index contributed by atoms with van der Waals surface area (Å²) in [5.41, 5.74) is 2.27. The minimum absolute atomic E-state index is 0.214. The summed E-state index contributed by atoms with van der Waals surface area (Å²) in [4.78, 5) is 10.8. The van der Waals surface area contributed by atoms with E-state index >= 15 is 0 Å². The summed E-state index contributed by atoms with van der Waals surface area (Å²) in [5.74, 6) is 0.784. The second kappa shape index (κ2) is 8.80. The maximum Gasteiger partial charge on any atom is 0.170 e. The smallest absolute Gasteiger partial charge is 0.170 e. The summed E-state index contributed by atoms with van der Waals surface area (Å²) in [7, 11) is 0. The van der Waals surface area contributed by atoms with Crippen LogP contribution in [0.2, 0.25) is 0 Å². The van der Waals surface area contributed by atoms with E-state index in [0.29, 0.717) is 33.2 Å². The fourth-order valence-corrected chi connectivity index (χ4v) is 4.56. The zero-order valence-corrected chi connectivity index (χ0v) is 19.2. The van der Waals surface area contributed by atoms with Crippen LogP contribution in [0.3, 0.4) is 0 Å². The number of nitrogens with zero attached hydrogens (tertiary/aromatic N) is 3. The Hall–Kier alpha value is -3.10. The van der Waals surface area contributed by atoms with Gasteiger partial charge in [-0.3, -0.25) is 9.97 Å². The lowest BCUT2D eigenvalue weighted by Crippen LogP contribution is -2.29. The molecule has 2 atom stereocenters. The van der Waals surface area contributed by atoms with E-state index in [-0.39, 0.29) is 17.9 Å². The highest BCUT2D eigenvalue weighted by atomic mass is 79.9. The van der Waals surface area contributed by atoms with Crippen LogP contribution < -0.4 is 5.32 Å². The van der Waals surface area contributed by atoms with Crippen molar-refractivity contribution in [3.63, 3.8) is 0 Å². The first-order valence-electron chi connectivity index (χ1n) is 10.0. The third-order valence-electron chi connectivity index (χ3n) is 5.39. The third kappa shape index (κ3) is 4.03. The number of halogens is 2. The van der Waals surface area contributed by atoms with Crippen LogP contribution in [0.5, 0.6) is 0 Å². The van der Waals surface area contributed by atoms with Gasteiger partial charge in [0.05, 0.1) is 17.3 Å².